The molecule has 0 bridgehead atoms. The van der Waals surface area contributed by atoms with Gasteiger partial charge in [0.15, 0.2) is 0 Å². The van der Waals surface area contributed by atoms with E-state index >= 15 is 0 Å². The molecule has 0 aliphatic carbocycles. The summed E-state index contributed by atoms with van der Waals surface area (Å²) in [6, 6.07) is 5.89. The Labute approximate surface area is 140 Å². The van der Waals surface area contributed by atoms with E-state index in [-0.39, 0.29) is 0 Å². The van der Waals surface area contributed by atoms with E-state index < -0.39 is 41.8 Å². The first kappa shape index (κ1) is 17.9. The molecule has 1 N–H and O–H groups in total. The Balaban J connectivity index is 2.53. The molecule has 0 aromatic heterocycles. The van der Waals surface area contributed by atoms with Crippen molar-refractivity contribution in [3.05, 3.63) is 35.4 Å². The molecule has 130 valence electrons. The molecule has 0 amide bonds. The molecule has 0 spiro atoms. The Morgan fingerprint density at radius 1 is 0.875 bits per heavy atom. The molecule has 7 nitrogen and oxygen atoms in total. The van der Waals surface area contributed by atoms with Gasteiger partial charge in [0, 0.05) is 6.04 Å². The molecular formula is C17H21NO6. The Bertz CT molecular complexity index is 644. The predicted molar refractivity (Wildman–Crippen MR) is 83.9 cm³/mol. The fraction of sp³-hybridized carbons (Fsp3) is 0.471. The number of ether oxygens (including phenoxy) is 3. The third-order valence-electron chi connectivity index (χ3n) is 4.39. The number of esters is 3. The number of methoxy groups -OCH3 is 3. The molecule has 1 fully saturated rings. The molecular weight excluding hydrogens is 314 g/mol. The predicted octanol–water partition coefficient (Wildman–Crippen LogP) is 0.759. The van der Waals surface area contributed by atoms with Crippen molar-refractivity contribution < 1.29 is 28.6 Å². The Morgan fingerprint density at radius 3 is 1.96 bits per heavy atom. The van der Waals surface area contributed by atoms with E-state index in [1.165, 1.54) is 21.3 Å². The first-order valence-corrected chi connectivity index (χ1v) is 7.51. The molecule has 4 atom stereocenters. The van der Waals surface area contributed by atoms with Gasteiger partial charge >= 0.3 is 17.9 Å². The van der Waals surface area contributed by atoms with Crippen molar-refractivity contribution >= 4 is 17.9 Å². The van der Waals surface area contributed by atoms with Crippen molar-refractivity contribution in [3.63, 3.8) is 0 Å². The summed E-state index contributed by atoms with van der Waals surface area (Å²) in [6.07, 6.45) is 0. The molecule has 7 heteroatoms. The average molecular weight is 335 g/mol. The zero-order valence-corrected chi connectivity index (χ0v) is 14.1. The van der Waals surface area contributed by atoms with E-state index in [0.29, 0.717) is 0 Å². The van der Waals surface area contributed by atoms with Gasteiger partial charge in [-0.05, 0) is 18.1 Å². The second kappa shape index (κ2) is 7.44. The summed E-state index contributed by atoms with van der Waals surface area (Å²) >= 11 is 0. The standard InChI is InChI=1S/C17H21NO6/c1-9-7-5-6-8-10(9)13-11(15(19)22-2)12(16(20)23-3)14(18-13)17(21)24-4/h5-8,11-14,18H,1-4H3/t11-,12+,13-,14-/m0/s1. The summed E-state index contributed by atoms with van der Waals surface area (Å²) in [5.41, 5.74) is 1.74. The molecule has 2 rings (SSSR count). The first-order chi connectivity index (χ1) is 11.5. The minimum atomic E-state index is -1.03. The van der Waals surface area contributed by atoms with Crippen LogP contribution in [0.5, 0.6) is 0 Å². The van der Waals surface area contributed by atoms with Crippen LogP contribution in [0.25, 0.3) is 0 Å². The van der Waals surface area contributed by atoms with E-state index in [4.69, 9.17) is 14.2 Å². The highest BCUT2D eigenvalue weighted by molar-refractivity contribution is 5.91. The van der Waals surface area contributed by atoms with Gasteiger partial charge in [-0.2, -0.15) is 0 Å². The van der Waals surface area contributed by atoms with Crippen LogP contribution in [-0.2, 0) is 28.6 Å². The van der Waals surface area contributed by atoms with Gasteiger partial charge in [-0.15, -0.1) is 0 Å². The van der Waals surface area contributed by atoms with Crippen LogP contribution in [0.1, 0.15) is 17.2 Å². The van der Waals surface area contributed by atoms with Gasteiger partial charge in [-0.25, -0.2) is 0 Å². The molecule has 0 saturated carbocycles. The van der Waals surface area contributed by atoms with Gasteiger partial charge in [-0.3, -0.25) is 19.7 Å². The van der Waals surface area contributed by atoms with E-state index in [9.17, 15) is 14.4 Å². The second-order valence-electron chi connectivity index (χ2n) is 5.60. The van der Waals surface area contributed by atoms with E-state index in [0.717, 1.165) is 11.1 Å². The largest absolute Gasteiger partial charge is 0.469 e. The summed E-state index contributed by atoms with van der Waals surface area (Å²) in [7, 11) is 3.69. The molecule has 0 unspecified atom stereocenters. The number of carbonyl (C=O) groups is 3. The van der Waals surface area contributed by atoms with Crippen LogP contribution >= 0.6 is 0 Å². The molecule has 24 heavy (non-hydrogen) atoms. The number of rotatable bonds is 4. The zero-order valence-electron chi connectivity index (χ0n) is 14.1. The van der Waals surface area contributed by atoms with Crippen LogP contribution in [-0.4, -0.2) is 45.3 Å². The van der Waals surface area contributed by atoms with Crippen molar-refractivity contribution in [1.29, 1.82) is 0 Å². The summed E-state index contributed by atoms with van der Waals surface area (Å²) < 4.78 is 14.5. The Hall–Kier alpha value is -2.41. The highest BCUT2D eigenvalue weighted by Crippen LogP contribution is 2.40. The van der Waals surface area contributed by atoms with Gasteiger partial charge in [0.05, 0.1) is 33.2 Å². The quantitative estimate of drug-likeness (QED) is 0.641. The van der Waals surface area contributed by atoms with Gasteiger partial charge in [0.25, 0.3) is 0 Å². The van der Waals surface area contributed by atoms with Gasteiger partial charge in [-0.1, -0.05) is 24.3 Å². The average Bonchev–Trinajstić information content (AvgIpc) is 3.00. The summed E-state index contributed by atoms with van der Waals surface area (Å²) in [6.45, 7) is 1.89. The van der Waals surface area contributed by atoms with Crippen molar-refractivity contribution in [2.45, 2.75) is 19.0 Å². The van der Waals surface area contributed by atoms with Crippen LogP contribution in [0.15, 0.2) is 24.3 Å². The lowest BCUT2D eigenvalue weighted by molar-refractivity contribution is -0.159. The second-order valence-corrected chi connectivity index (χ2v) is 5.60. The smallest absolute Gasteiger partial charge is 0.323 e. The van der Waals surface area contributed by atoms with Crippen LogP contribution in [0, 0.1) is 18.8 Å². The summed E-state index contributed by atoms with van der Waals surface area (Å²) in [4.78, 5) is 36.8. The molecule has 1 saturated heterocycles. The number of nitrogens with one attached hydrogen (secondary N) is 1. The fourth-order valence-corrected chi connectivity index (χ4v) is 3.21. The van der Waals surface area contributed by atoms with Crippen molar-refractivity contribution in [2.75, 3.05) is 21.3 Å². The molecule has 1 heterocycles. The highest BCUT2D eigenvalue weighted by Gasteiger charge is 2.55. The molecule has 1 aromatic rings. The number of carbonyl (C=O) groups excluding carboxylic acids is 3. The summed E-state index contributed by atoms with van der Waals surface area (Å²) in [5, 5.41) is 3.05. The zero-order chi connectivity index (χ0) is 17.9. The molecule has 0 radical (unpaired) electrons. The normalized spacial score (nSPS) is 25.8. The minimum absolute atomic E-state index is 0.563. The van der Waals surface area contributed by atoms with Crippen molar-refractivity contribution in [1.82, 2.24) is 5.32 Å². The lowest BCUT2D eigenvalue weighted by Crippen LogP contribution is -2.42. The molecule has 1 aromatic carbocycles. The molecule has 1 aliphatic rings. The summed E-state index contributed by atoms with van der Waals surface area (Å²) in [5.74, 6) is -3.80. The number of hydrogen-bond donors (Lipinski definition) is 1. The van der Waals surface area contributed by atoms with E-state index in [1.54, 1.807) is 0 Å². The highest BCUT2D eigenvalue weighted by atomic mass is 16.5. The fourth-order valence-electron chi connectivity index (χ4n) is 3.21. The van der Waals surface area contributed by atoms with Crippen molar-refractivity contribution in [3.8, 4) is 0 Å². The van der Waals surface area contributed by atoms with Gasteiger partial charge in [0.1, 0.15) is 6.04 Å². The molecule has 1 aliphatic heterocycles. The number of benzene rings is 1. The number of aryl methyl sites for hydroxylation is 1. The maximum Gasteiger partial charge on any atom is 0.323 e. The third-order valence-corrected chi connectivity index (χ3v) is 4.39. The monoisotopic (exact) mass is 335 g/mol. The van der Waals surface area contributed by atoms with E-state index in [2.05, 4.69) is 5.32 Å². The Morgan fingerprint density at radius 2 is 1.42 bits per heavy atom. The minimum Gasteiger partial charge on any atom is -0.469 e. The Kier molecular flexibility index (Phi) is 5.56. The number of hydrogen-bond acceptors (Lipinski definition) is 7. The van der Waals surface area contributed by atoms with Crippen LogP contribution in [0.3, 0.4) is 0 Å². The third kappa shape index (κ3) is 3.12. The van der Waals surface area contributed by atoms with Crippen LogP contribution in [0.2, 0.25) is 0 Å². The van der Waals surface area contributed by atoms with Gasteiger partial charge < -0.3 is 14.2 Å². The van der Waals surface area contributed by atoms with Gasteiger partial charge in [0.2, 0.25) is 0 Å². The maximum atomic E-state index is 12.4. The van der Waals surface area contributed by atoms with E-state index in [1.807, 2.05) is 31.2 Å². The lowest BCUT2D eigenvalue weighted by Gasteiger charge is -2.22. The SMILES string of the molecule is COC(=O)[C@@H]1[C@H](C(=O)OC)[C@H](c2ccccc2C)N[C@@H]1C(=O)OC. The maximum absolute atomic E-state index is 12.4. The lowest BCUT2D eigenvalue weighted by atomic mass is 9.83. The topological polar surface area (TPSA) is 90.9 Å². The van der Waals surface area contributed by atoms with Crippen LogP contribution < -0.4 is 5.32 Å². The first-order valence-electron chi connectivity index (χ1n) is 7.51. The van der Waals surface area contributed by atoms with Crippen LogP contribution in [0.4, 0.5) is 0 Å². The van der Waals surface area contributed by atoms with Crippen molar-refractivity contribution in [2.24, 2.45) is 11.8 Å².